The van der Waals surface area contributed by atoms with Crippen LogP contribution in [0.4, 0.5) is 0 Å². The number of methoxy groups -OCH3 is 1. The molecule has 0 unspecified atom stereocenters. The number of amides is 1. The summed E-state index contributed by atoms with van der Waals surface area (Å²) < 4.78 is 4.93. The van der Waals surface area contributed by atoms with Gasteiger partial charge in [-0.25, -0.2) is 9.97 Å². The highest BCUT2D eigenvalue weighted by Gasteiger charge is 2.27. The summed E-state index contributed by atoms with van der Waals surface area (Å²) in [5.41, 5.74) is 2.89. The van der Waals surface area contributed by atoms with Gasteiger partial charge < -0.3 is 9.64 Å². The lowest BCUT2D eigenvalue weighted by Crippen LogP contribution is -2.39. The van der Waals surface area contributed by atoms with E-state index in [0.29, 0.717) is 18.0 Å². The van der Waals surface area contributed by atoms with Crippen molar-refractivity contribution in [2.75, 3.05) is 20.2 Å². The van der Waals surface area contributed by atoms with Gasteiger partial charge in [0.2, 0.25) is 0 Å². The number of aromatic amines is 1. The average Bonchev–Trinajstić information content (AvgIpc) is 3.10. The molecule has 122 valence electrons. The molecular formula is C16H21N5O2. The first-order chi connectivity index (χ1) is 11.2. The summed E-state index contributed by atoms with van der Waals surface area (Å²) >= 11 is 0. The van der Waals surface area contributed by atoms with Crippen molar-refractivity contribution < 1.29 is 9.53 Å². The molecule has 0 spiro atoms. The maximum absolute atomic E-state index is 12.6. The van der Waals surface area contributed by atoms with Gasteiger partial charge in [-0.2, -0.15) is 5.10 Å². The predicted molar refractivity (Wildman–Crippen MR) is 84.4 cm³/mol. The number of nitrogens with one attached hydrogen (secondary N) is 1. The number of rotatable bonds is 4. The summed E-state index contributed by atoms with van der Waals surface area (Å²) in [6, 6.07) is 0.267. The minimum Gasteiger partial charge on any atom is -0.467 e. The number of aromatic nitrogens is 4. The number of carbonyl (C=O) groups is 1. The van der Waals surface area contributed by atoms with E-state index in [4.69, 9.17) is 4.74 Å². The fourth-order valence-corrected chi connectivity index (χ4v) is 3.07. The SMILES string of the molecule is CCc1cn[nH]c1[C@H]1CCCN(C(=O)c2cnc(OC)nc2)C1. The van der Waals surface area contributed by atoms with Gasteiger partial charge in [0.25, 0.3) is 5.91 Å². The zero-order valence-corrected chi connectivity index (χ0v) is 13.5. The Morgan fingerprint density at radius 2 is 2.17 bits per heavy atom. The summed E-state index contributed by atoms with van der Waals surface area (Å²) in [4.78, 5) is 22.5. The van der Waals surface area contributed by atoms with Crippen LogP contribution in [-0.4, -0.2) is 51.2 Å². The molecule has 3 heterocycles. The highest BCUT2D eigenvalue weighted by atomic mass is 16.5. The largest absolute Gasteiger partial charge is 0.467 e. The highest BCUT2D eigenvalue weighted by Crippen LogP contribution is 2.28. The zero-order valence-electron chi connectivity index (χ0n) is 13.5. The van der Waals surface area contributed by atoms with Crippen molar-refractivity contribution in [3.05, 3.63) is 35.4 Å². The lowest BCUT2D eigenvalue weighted by Gasteiger charge is -2.32. The van der Waals surface area contributed by atoms with Crippen molar-refractivity contribution in [1.29, 1.82) is 0 Å². The van der Waals surface area contributed by atoms with Gasteiger partial charge >= 0.3 is 6.01 Å². The summed E-state index contributed by atoms with van der Waals surface area (Å²) in [6.07, 6.45) is 7.92. The molecular weight excluding hydrogens is 294 g/mol. The van der Waals surface area contributed by atoms with Crippen LogP contribution in [0.3, 0.4) is 0 Å². The molecule has 3 rings (SSSR count). The van der Waals surface area contributed by atoms with E-state index in [0.717, 1.165) is 31.5 Å². The van der Waals surface area contributed by atoms with Crippen LogP contribution in [-0.2, 0) is 6.42 Å². The van der Waals surface area contributed by atoms with Crippen molar-refractivity contribution >= 4 is 5.91 Å². The molecule has 1 aliphatic heterocycles. The van der Waals surface area contributed by atoms with Gasteiger partial charge in [-0.3, -0.25) is 9.89 Å². The Labute approximate surface area is 135 Å². The lowest BCUT2D eigenvalue weighted by molar-refractivity contribution is 0.0704. The molecule has 0 saturated carbocycles. The summed E-state index contributed by atoms with van der Waals surface area (Å²) in [5, 5.41) is 7.26. The Kier molecular flexibility index (Phi) is 4.55. The predicted octanol–water partition coefficient (Wildman–Crippen LogP) is 1.79. The first kappa shape index (κ1) is 15.5. The molecule has 1 fully saturated rings. The Hall–Kier alpha value is -2.44. The minimum absolute atomic E-state index is 0.0325. The molecule has 1 saturated heterocycles. The van der Waals surface area contributed by atoms with Gasteiger partial charge in [-0.1, -0.05) is 6.92 Å². The number of piperidine rings is 1. The van der Waals surface area contributed by atoms with Gasteiger partial charge in [-0.15, -0.1) is 0 Å². The van der Waals surface area contributed by atoms with Crippen molar-refractivity contribution in [1.82, 2.24) is 25.1 Å². The van der Waals surface area contributed by atoms with Gasteiger partial charge in [-0.05, 0) is 24.8 Å². The molecule has 0 radical (unpaired) electrons. The minimum atomic E-state index is -0.0325. The number of H-pyrrole nitrogens is 1. The summed E-state index contributed by atoms with van der Waals surface area (Å²) in [6.45, 7) is 3.58. The summed E-state index contributed by atoms with van der Waals surface area (Å²) in [7, 11) is 1.50. The van der Waals surface area contributed by atoms with Crippen LogP contribution < -0.4 is 4.74 Å². The number of aryl methyl sites for hydroxylation is 1. The Bertz CT molecular complexity index is 667. The molecule has 7 nitrogen and oxygen atoms in total. The molecule has 0 bridgehead atoms. The normalized spacial score (nSPS) is 18.0. The third kappa shape index (κ3) is 3.18. The van der Waals surface area contributed by atoms with Gasteiger partial charge in [0.15, 0.2) is 0 Å². The molecule has 0 aliphatic carbocycles. The van der Waals surface area contributed by atoms with Crippen LogP contribution in [0, 0.1) is 0 Å². The Morgan fingerprint density at radius 1 is 1.39 bits per heavy atom. The average molecular weight is 315 g/mol. The van der Waals surface area contributed by atoms with Gasteiger partial charge in [0, 0.05) is 37.1 Å². The van der Waals surface area contributed by atoms with E-state index in [9.17, 15) is 4.79 Å². The molecule has 23 heavy (non-hydrogen) atoms. The van der Waals surface area contributed by atoms with Crippen molar-refractivity contribution in [3.8, 4) is 6.01 Å². The first-order valence-electron chi connectivity index (χ1n) is 7.90. The highest BCUT2D eigenvalue weighted by molar-refractivity contribution is 5.93. The number of hydrogen-bond acceptors (Lipinski definition) is 5. The number of likely N-dealkylation sites (tertiary alicyclic amines) is 1. The quantitative estimate of drug-likeness (QED) is 0.930. The monoisotopic (exact) mass is 315 g/mol. The third-order valence-corrected chi connectivity index (χ3v) is 4.31. The number of hydrogen-bond donors (Lipinski definition) is 1. The maximum atomic E-state index is 12.6. The smallest absolute Gasteiger partial charge is 0.316 e. The van der Waals surface area contributed by atoms with E-state index in [-0.39, 0.29) is 11.9 Å². The first-order valence-corrected chi connectivity index (χ1v) is 7.90. The molecule has 1 aliphatic rings. The fraction of sp³-hybridized carbons (Fsp3) is 0.500. The fourth-order valence-electron chi connectivity index (χ4n) is 3.07. The zero-order chi connectivity index (χ0) is 16.2. The number of nitrogens with zero attached hydrogens (tertiary/aromatic N) is 4. The van der Waals surface area contributed by atoms with E-state index in [2.05, 4.69) is 27.1 Å². The second kappa shape index (κ2) is 6.76. The van der Waals surface area contributed by atoms with Crippen LogP contribution in [0.15, 0.2) is 18.6 Å². The van der Waals surface area contributed by atoms with E-state index in [1.165, 1.54) is 25.1 Å². The molecule has 1 amide bonds. The van der Waals surface area contributed by atoms with Crippen LogP contribution >= 0.6 is 0 Å². The van der Waals surface area contributed by atoms with Crippen LogP contribution in [0.2, 0.25) is 0 Å². The Balaban J connectivity index is 1.73. The maximum Gasteiger partial charge on any atom is 0.316 e. The van der Waals surface area contributed by atoms with E-state index in [1.807, 2.05) is 11.1 Å². The molecule has 2 aromatic heterocycles. The molecule has 1 atom stereocenters. The second-order valence-electron chi connectivity index (χ2n) is 5.71. The van der Waals surface area contributed by atoms with Gasteiger partial charge in [0.05, 0.1) is 18.9 Å². The second-order valence-corrected chi connectivity index (χ2v) is 5.71. The lowest BCUT2D eigenvalue weighted by atomic mass is 9.91. The third-order valence-electron chi connectivity index (χ3n) is 4.31. The number of carbonyl (C=O) groups excluding carboxylic acids is 1. The molecule has 7 heteroatoms. The van der Waals surface area contributed by atoms with Crippen LogP contribution in [0.5, 0.6) is 6.01 Å². The topological polar surface area (TPSA) is 84.0 Å². The van der Waals surface area contributed by atoms with E-state index < -0.39 is 0 Å². The van der Waals surface area contributed by atoms with Crippen molar-refractivity contribution in [2.45, 2.75) is 32.1 Å². The number of ether oxygens (including phenoxy) is 1. The van der Waals surface area contributed by atoms with Crippen molar-refractivity contribution in [2.24, 2.45) is 0 Å². The van der Waals surface area contributed by atoms with Crippen LogP contribution in [0.25, 0.3) is 0 Å². The summed E-state index contributed by atoms with van der Waals surface area (Å²) in [5.74, 6) is 0.277. The van der Waals surface area contributed by atoms with E-state index in [1.54, 1.807) is 0 Å². The van der Waals surface area contributed by atoms with Crippen molar-refractivity contribution in [3.63, 3.8) is 0 Å². The van der Waals surface area contributed by atoms with E-state index >= 15 is 0 Å². The van der Waals surface area contributed by atoms with Gasteiger partial charge in [0.1, 0.15) is 0 Å². The molecule has 2 aromatic rings. The Morgan fingerprint density at radius 3 is 2.87 bits per heavy atom. The molecule has 0 aromatic carbocycles. The van der Waals surface area contributed by atoms with Crippen LogP contribution in [0.1, 0.15) is 47.3 Å². The standard InChI is InChI=1S/C16H21N5O2/c1-3-11-9-19-20-14(11)12-5-4-6-21(10-12)15(22)13-7-17-16(23-2)18-8-13/h7-9,12H,3-6,10H2,1-2H3,(H,19,20)/t12-/m0/s1. The molecule has 1 N–H and O–H groups in total.